The first-order valence-corrected chi connectivity index (χ1v) is 8.40. The number of thioether (sulfide) groups is 1. The van der Waals surface area contributed by atoms with Crippen molar-refractivity contribution in [2.75, 3.05) is 12.3 Å². The molecule has 2 heterocycles. The van der Waals surface area contributed by atoms with Gasteiger partial charge in [0.15, 0.2) is 0 Å². The zero-order valence-corrected chi connectivity index (χ0v) is 13.6. The average Bonchev–Trinajstić information content (AvgIpc) is 2.83. The van der Waals surface area contributed by atoms with E-state index in [1.54, 1.807) is 17.7 Å². The molecule has 6 heteroatoms. The van der Waals surface area contributed by atoms with Gasteiger partial charge in [-0.1, -0.05) is 32.5 Å². The molecule has 108 valence electrons. The summed E-state index contributed by atoms with van der Waals surface area (Å²) in [4.78, 5) is 20.2. The van der Waals surface area contributed by atoms with Crippen molar-refractivity contribution >= 4 is 39.2 Å². The number of carbonyl (C=O) groups is 1. The predicted molar refractivity (Wildman–Crippen MR) is 85.2 cm³/mol. The lowest BCUT2D eigenvalue weighted by atomic mass is 9.92. The fraction of sp³-hybridized carbons (Fsp3) is 0.500. The third kappa shape index (κ3) is 4.45. The molecular weight excluding hydrogens is 290 g/mol. The molecule has 4 nitrogen and oxygen atoms in total. The van der Waals surface area contributed by atoms with Crippen LogP contribution in [-0.4, -0.2) is 28.2 Å². The highest BCUT2D eigenvalue weighted by atomic mass is 32.2. The topological polar surface area (TPSA) is 54.9 Å². The summed E-state index contributed by atoms with van der Waals surface area (Å²) in [6, 6.07) is 1.97. The van der Waals surface area contributed by atoms with E-state index in [0.29, 0.717) is 5.75 Å². The minimum Gasteiger partial charge on any atom is -0.355 e. The highest BCUT2D eigenvalue weighted by Crippen LogP contribution is 2.28. The Kier molecular flexibility index (Phi) is 4.99. The highest BCUT2D eigenvalue weighted by Gasteiger charge is 2.11. The van der Waals surface area contributed by atoms with Crippen LogP contribution in [0.3, 0.4) is 0 Å². The quantitative estimate of drug-likeness (QED) is 0.680. The van der Waals surface area contributed by atoms with Crippen LogP contribution in [0.1, 0.15) is 27.2 Å². The minimum absolute atomic E-state index is 0.0579. The number of hydrogen-bond acceptors (Lipinski definition) is 5. The fourth-order valence-electron chi connectivity index (χ4n) is 1.63. The lowest BCUT2D eigenvalue weighted by Crippen LogP contribution is -2.28. The Hall–Kier alpha value is -1.14. The van der Waals surface area contributed by atoms with E-state index in [2.05, 4.69) is 36.1 Å². The van der Waals surface area contributed by atoms with E-state index in [0.717, 1.165) is 28.2 Å². The van der Waals surface area contributed by atoms with Gasteiger partial charge in [0.25, 0.3) is 0 Å². The summed E-state index contributed by atoms with van der Waals surface area (Å²) in [6.45, 7) is 7.23. The van der Waals surface area contributed by atoms with Gasteiger partial charge in [0.2, 0.25) is 5.91 Å². The number of nitrogens with zero attached hydrogens (tertiary/aromatic N) is 2. The van der Waals surface area contributed by atoms with Gasteiger partial charge in [-0.2, -0.15) is 0 Å². The zero-order valence-electron chi connectivity index (χ0n) is 12.0. The summed E-state index contributed by atoms with van der Waals surface area (Å²) in [5.74, 6) is 0.455. The van der Waals surface area contributed by atoms with Gasteiger partial charge >= 0.3 is 0 Å². The molecule has 0 spiro atoms. The first-order chi connectivity index (χ1) is 9.46. The van der Waals surface area contributed by atoms with E-state index < -0.39 is 0 Å². The van der Waals surface area contributed by atoms with Gasteiger partial charge in [0.1, 0.15) is 11.4 Å². The van der Waals surface area contributed by atoms with E-state index >= 15 is 0 Å². The molecule has 2 aromatic heterocycles. The third-order valence-electron chi connectivity index (χ3n) is 2.75. The van der Waals surface area contributed by atoms with Crippen molar-refractivity contribution in [2.24, 2.45) is 5.41 Å². The van der Waals surface area contributed by atoms with Crippen molar-refractivity contribution in [3.63, 3.8) is 0 Å². The number of rotatable bonds is 5. The Morgan fingerprint density at radius 2 is 2.20 bits per heavy atom. The summed E-state index contributed by atoms with van der Waals surface area (Å²) >= 11 is 3.08. The number of hydrogen-bond donors (Lipinski definition) is 1. The van der Waals surface area contributed by atoms with Crippen molar-refractivity contribution in [1.29, 1.82) is 0 Å². The molecule has 0 unspecified atom stereocenters. The Labute approximate surface area is 127 Å². The molecular formula is C14H19N3OS2. The molecule has 0 aromatic carbocycles. The van der Waals surface area contributed by atoms with E-state index in [9.17, 15) is 4.79 Å². The Morgan fingerprint density at radius 3 is 2.95 bits per heavy atom. The van der Waals surface area contributed by atoms with Gasteiger partial charge in [-0.3, -0.25) is 4.79 Å². The predicted octanol–water partition coefficient (Wildman–Crippen LogP) is 3.34. The maximum atomic E-state index is 11.8. The molecule has 1 amide bonds. The number of nitrogens with one attached hydrogen (secondary N) is 1. The monoisotopic (exact) mass is 309 g/mol. The number of amides is 1. The molecule has 2 rings (SSSR count). The SMILES string of the molecule is CC(C)(C)CCNC(=O)CSc1ncnc2ccsc12. The van der Waals surface area contributed by atoms with E-state index in [1.807, 2.05) is 11.4 Å². The van der Waals surface area contributed by atoms with E-state index in [1.165, 1.54) is 11.8 Å². The average molecular weight is 309 g/mol. The summed E-state index contributed by atoms with van der Waals surface area (Å²) in [5.41, 5.74) is 1.19. The smallest absolute Gasteiger partial charge is 0.230 e. The summed E-state index contributed by atoms with van der Waals surface area (Å²) < 4.78 is 1.06. The Bertz CT molecular complexity index is 589. The van der Waals surface area contributed by atoms with Crippen LogP contribution in [0, 0.1) is 5.41 Å². The first kappa shape index (κ1) is 15.3. The van der Waals surface area contributed by atoms with Crippen LogP contribution in [-0.2, 0) is 4.79 Å². The van der Waals surface area contributed by atoms with Gasteiger partial charge in [0, 0.05) is 6.54 Å². The normalized spacial score (nSPS) is 11.8. The Morgan fingerprint density at radius 1 is 1.40 bits per heavy atom. The van der Waals surface area contributed by atoms with Crippen molar-refractivity contribution in [2.45, 2.75) is 32.2 Å². The van der Waals surface area contributed by atoms with Crippen LogP contribution < -0.4 is 5.32 Å². The lowest BCUT2D eigenvalue weighted by molar-refractivity contribution is -0.118. The van der Waals surface area contributed by atoms with Crippen LogP contribution in [0.15, 0.2) is 22.8 Å². The van der Waals surface area contributed by atoms with Crippen LogP contribution in [0.2, 0.25) is 0 Å². The number of fused-ring (bicyclic) bond motifs is 1. The molecule has 0 atom stereocenters. The molecule has 1 N–H and O–H groups in total. The second kappa shape index (κ2) is 6.54. The number of aromatic nitrogens is 2. The van der Waals surface area contributed by atoms with Gasteiger partial charge < -0.3 is 5.32 Å². The minimum atomic E-state index is 0.0579. The van der Waals surface area contributed by atoms with Crippen molar-refractivity contribution in [3.8, 4) is 0 Å². The van der Waals surface area contributed by atoms with Crippen molar-refractivity contribution in [3.05, 3.63) is 17.8 Å². The second-order valence-corrected chi connectivity index (χ2v) is 7.64. The van der Waals surface area contributed by atoms with Crippen LogP contribution >= 0.6 is 23.1 Å². The second-order valence-electron chi connectivity index (χ2n) is 5.76. The van der Waals surface area contributed by atoms with Gasteiger partial charge in [0.05, 0.1) is 16.0 Å². The first-order valence-electron chi connectivity index (χ1n) is 6.53. The number of carbonyl (C=O) groups excluding carboxylic acids is 1. The summed E-state index contributed by atoms with van der Waals surface area (Å²) in [6.07, 6.45) is 2.53. The molecule has 0 saturated heterocycles. The molecule has 0 aliphatic rings. The van der Waals surface area contributed by atoms with Crippen LogP contribution in [0.4, 0.5) is 0 Å². The van der Waals surface area contributed by atoms with Gasteiger partial charge in [-0.25, -0.2) is 9.97 Å². The fourth-order valence-corrected chi connectivity index (χ4v) is 3.41. The van der Waals surface area contributed by atoms with E-state index in [4.69, 9.17) is 0 Å². The summed E-state index contributed by atoms with van der Waals surface area (Å²) in [7, 11) is 0. The maximum Gasteiger partial charge on any atom is 0.230 e. The Balaban J connectivity index is 1.83. The van der Waals surface area contributed by atoms with E-state index in [-0.39, 0.29) is 11.3 Å². The van der Waals surface area contributed by atoms with Gasteiger partial charge in [-0.15, -0.1) is 11.3 Å². The van der Waals surface area contributed by atoms with Crippen molar-refractivity contribution in [1.82, 2.24) is 15.3 Å². The van der Waals surface area contributed by atoms with Gasteiger partial charge in [-0.05, 0) is 23.3 Å². The van der Waals surface area contributed by atoms with Crippen molar-refractivity contribution < 1.29 is 4.79 Å². The van der Waals surface area contributed by atoms with Crippen LogP contribution in [0.5, 0.6) is 0 Å². The molecule has 0 saturated carbocycles. The molecule has 0 bridgehead atoms. The molecule has 20 heavy (non-hydrogen) atoms. The van der Waals surface area contributed by atoms with Crippen LogP contribution in [0.25, 0.3) is 10.2 Å². The molecule has 2 aromatic rings. The highest BCUT2D eigenvalue weighted by molar-refractivity contribution is 8.00. The molecule has 0 aliphatic heterocycles. The summed E-state index contributed by atoms with van der Waals surface area (Å²) in [5, 5.41) is 5.83. The lowest BCUT2D eigenvalue weighted by Gasteiger charge is -2.17. The molecule has 0 aliphatic carbocycles. The standard InChI is InChI=1S/C14H19N3OS2/c1-14(2,3)5-6-15-11(18)8-20-13-12-10(4-7-19-12)16-9-17-13/h4,7,9H,5-6,8H2,1-3H3,(H,15,18). The molecule has 0 fully saturated rings. The largest absolute Gasteiger partial charge is 0.355 e. The molecule has 0 radical (unpaired) electrons. The third-order valence-corrected chi connectivity index (χ3v) is 4.78. The number of thiophene rings is 1. The maximum absolute atomic E-state index is 11.8. The zero-order chi connectivity index (χ0) is 14.6.